The SMILES string of the molecule is CCCNC(C)c1nnc(NCCc2ccccc2F)o1. The van der Waals surface area contributed by atoms with Crippen LogP contribution in [0.1, 0.15) is 37.8 Å². The van der Waals surface area contributed by atoms with Gasteiger partial charge in [-0.15, -0.1) is 5.10 Å². The summed E-state index contributed by atoms with van der Waals surface area (Å²) in [6.07, 6.45) is 1.61. The second-order valence-electron chi connectivity index (χ2n) is 4.89. The first-order chi connectivity index (χ1) is 10.2. The van der Waals surface area contributed by atoms with Gasteiger partial charge in [-0.05, 0) is 37.9 Å². The number of hydrogen-bond acceptors (Lipinski definition) is 5. The molecule has 1 heterocycles. The Hall–Kier alpha value is -1.95. The molecule has 0 amide bonds. The van der Waals surface area contributed by atoms with E-state index in [4.69, 9.17) is 4.42 Å². The number of nitrogens with zero attached hydrogens (tertiary/aromatic N) is 2. The summed E-state index contributed by atoms with van der Waals surface area (Å²) in [5.41, 5.74) is 0.669. The first kappa shape index (κ1) is 15.4. The molecule has 0 bridgehead atoms. The summed E-state index contributed by atoms with van der Waals surface area (Å²) in [5, 5.41) is 14.2. The maximum Gasteiger partial charge on any atom is 0.315 e. The monoisotopic (exact) mass is 292 g/mol. The molecule has 0 saturated carbocycles. The molecule has 2 aromatic rings. The number of halogens is 1. The quantitative estimate of drug-likeness (QED) is 0.783. The van der Waals surface area contributed by atoms with Gasteiger partial charge in [-0.2, -0.15) is 0 Å². The van der Waals surface area contributed by atoms with E-state index in [1.807, 2.05) is 13.0 Å². The summed E-state index contributed by atoms with van der Waals surface area (Å²) in [7, 11) is 0. The highest BCUT2D eigenvalue weighted by molar-refractivity contribution is 5.21. The molecule has 0 aliphatic carbocycles. The minimum atomic E-state index is -0.192. The highest BCUT2D eigenvalue weighted by Gasteiger charge is 2.12. The molecular weight excluding hydrogens is 271 g/mol. The molecule has 1 atom stereocenters. The van der Waals surface area contributed by atoms with Crippen LogP contribution in [0.15, 0.2) is 28.7 Å². The van der Waals surface area contributed by atoms with Crippen molar-refractivity contribution in [2.24, 2.45) is 0 Å². The molecule has 0 spiro atoms. The van der Waals surface area contributed by atoms with Crippen LogP contribution in [0.4, 0.5) is 10.4 Å². The van der Waals surface area contributed by atoms with Gasteiger partial charge in [0.1, 0.15) is 5.82 Å². The molecule has 0 aliphatic heterocycles. The Kier molecular flexibility index (Phi) is 5.68. The third kappa shape index (κ3) is 4.53. The molecule has 0 aliphatic rings. The lowest BCUT2D eigenvalue weighted by atomic mass is 10.1. The molecule has 114 valence electrons. The lowest BCUT2D eigenvalue weighted by Crippen LogP contribution is -2.19. The molecular formula is C15H21FN4O. The van der Waals surface area contributed by atoms with Crippen molar-refractivity contribution in [3.05, 3.63) is 41.5 Å². The topological polar surface area (TPSA) is 63.0 Å². The van der Waals surface area contributed by atoms with Crippen molar-refractivity contribution < 1.29 is 8.81 Å². The summed E-state index contributed by atoms with van der Waals surface area (Å²) in [6, 6.07) is 7.13. The fourth-order valence-corrected chi connectivity index (χ4v) is 1.93. The fraction of sp³-hybridized carbons (Fsp3) is 0.467. The average Bonchev–Trinajstić information content (AvgIpc) is 2.96. The van der Waals surface area contributed by atoms with Crippen molar-refractivity contribution in [2.75, 3.05) is 18.4 Å². The zero-order chi connectivity index (χ0) is 15.1. The zero-order valence-electron chi connectivity index (χ0n) is 12.4. The molecule has 0 saturated heterocycles. The Labute approximate surface area is 124 Å². The van der Waals surface area contributed by atoms with Crippen LogP contribution < -0.4 is 10.6 Å². The minimum Gasteiger partial charge on any atom is -0.406 e. The Balaban J connectivity index is 1.81. The molecule has 5 nitrogen and oxygen atoms in total. The third-order valence-corrected chi connectivity index (χ3v) is 3.14. The van der Waals surface area contributed by atoms with Crippen LogP contribution in [0.25, 0.3) is 0 Å². The number of anilines is 1. The first-order valence-electron chi connectivity index (χ1n) is 7.24. The van der Waals surface area contributed by atoms with Gasteiger partial charge in [0.25, 0.3) is 0 Å². The van der Waals surface area contributed by atoms with Crippen molar-refractivity contribution >= 4 is 6.01 Å². The molecule has 2 N–H and O–H groups in total. The van der Waals surface area contributed by atoms with E-state index in [1.54, 1.807) is 12.1 Å². The summed E-state index contributed by atoms with van der Waals surface area (Å²) in [4.78, 5) is 0. The average molecular weight is 292 g/mol. The molecule has 21 heavy (non-hydrogen) atoms. The Morgan fingerprint density at radius 3 is 2.81 bits per heavy atom. The first-order valence-corrected chi connectivity index (χ1v) is 7.24. The van der Waals surface area contributed by atoms with E-state index in [0.717, 1.165) is 13.0 Å². The van der Waals surface area contributed by atoms with Crippen molar-refractivity contribution in [1.29, 1.82) is 0 Å². The molecule has 0 fully saturated rings. The van der Waals surface area contributed by atoms with Crippen molar-refractivity contribution in [3.8, 4) is 0 Å². The third-order valence-electron chi connectivity index (χ3n) is 3.14. The summed E-state index contributed by atoms with van der Waals surface area (Å²) in [6.45, 7) is 5.52. The van der Waals surface area contributed by atoms with Crippen molar-refractivity contribution in [1.82, 2.24) is 15.5 Å². The van der Waals surface area contributed by atoms with Crippen LogP contribution >= 0.6 is 0 Å². The standard InChI is InChI=1S/C15H21FN4O/c1-3-9-17-11(2)14-19-20-15(21-14)18-10-8-12-6-4-5-7-13(12)16/h4-7,11,17H,3,8-10H2,1-2H3,(H,18,20). The van der Waals surface area contributed by atoms with E-state index in [2.05, 4.69) is 27.8 Å². The zero-order valence-corrected chi connectivity index (χ0v) is 12.4. The normalized spacial score (nSPS) is 12.3. The highest BCUT2D eigenvalue weighted by Crippen LogP contribution is 2.14. The van der Waals surface area contributed by atoms with Gasteiger partial charge < -0.3 is 15.1 Å². The molecule has 1 aromatic heterocycles. The predicted molar refractivity (Wildman–Crippen MR) is 79.6 cm³/mol. The number of rotatable bonds is 8. The van der Waals surface area contributed by atoms with Gasteiger partial charge in [-0.1, -0.05) is 30.2 Å². The maximum absolute atomic E-state index is 13.5. The van der Waals surface area contributed by atoms with E-state index >= 15 is 0 Å². The Bertz CT molecular complexity index is 558. The van der Waals surface area contributed by atoms with E-state index in [1.165, 1.54) is 6.07 Å². The summed E-state index contributed by atoms with van der Waals surface area (Å²) >= 11 is 0. The van der Waals surface area contributed by atoms with E-state index in [0.29, 0.717) is 30.4 Å². The lowest BCUT2D eigenvalue weighted by molar-refractivity contribution is 0.423. The van der Waals surface area contributed by atoms with Gasteiger partial charge in [0.05, 0.1) is 6.04 Å². The van der Waals surface area contributed by atoms with Gasteiger partial charge >= 0.3 is 6.01 Å². The minimum absolute atomic E-state index is 0.0274. The summed E-state index contributed by atoms with van der Waals surface area (Å²) in [5.74, 6) is 0.361. The molecule has 0 radical (unpaired) electrons. The number of aromatic nitrogens is 2. The highest BCUT2D eigenvalue weighted by atomic mass is 19.1. The smallest absolute Gasteiger partial charge is 0.315 e. The largest absolute Gasteiger partial charge is 0.406 e. The molecule has 6 heteroatoms. The number of nitrogens with one attached hydrogen (secondary N) is 2. The Morgan fingerprint density at radius 2 is 2.05 bits per heavy atom. The van der Waals surface area contributed by atoms with Gasteiger partial charge in [0, 0.05) is 6.54 Å². The van der Waals surface area contributed by atoms with Crippen LogP contribution in [0.5, 0.6) is 0 Å². The van der Waals surface area contributed by atoms with Crippen LogP contribution in [-0.2, 0) is 6.42 Å². The van der Waals surface area contributed by atoms with Crippen LogP contribution in [0, 0.1) is 5.82 Å². The van der Waals surface area contributed by atoms with Gasteiger partial charge in [0.2, 0.25) is 5.89 Å². The van der Waals surface area contributed by atoms with Crippen molar-refractivity contribution in [2.45, 2.75) is 32.7 Å². The number of hydrogen-bond donors (Lipinski definition) is 2. The van der Waals surface area contributed by atoms with Crippen molar-refractivity contribution in [3.63, 3.8) is 0 Å². The molecule has 2 rings (SSSR count). The maximum atomic E-state index is 13.5. The Morgan fingerprint density at radius 1 is 1.24 bits per heavy atom. The van der Waals surface area contributed by atoms with Gasteiger partial charge in [-0.25, -0.2) is 4.39 Å². The predicted octanol–water partition coefficient (Wildman–Crippen LogP) is 2.92. The van der Waals surface area contributed by atoms with Gasteiger partial charge in [0.15, 0.2) is 0 Å². The molecule has 1 unspecified atom stereocenters. The van der Waals surface area contributed by atoms with E-state index < -0.39 is 0 Å². The fourth-order valence-electron chi connectivity index (χ4n) is 1.93. The lowest BCUT2D eigenvalue weighted by Gasteiger charge is -2.07. The summed E-state index contributed by atoms with van der Waals surface area (Å²) < 4.78 is 19.0. The van der Waals surface area contributed by atoms with E-state index in [-0.39, 0.29) is 11.9 Å². The second-order valence-corrected chi connectivity index (χ2v) is 4.89. The van der Waals surface area contributed by atoms with Crippen LogP contribution in [0.2, 0.25) is 0 Å². The van der Waals surface area contributed by atoms with E-state index in [9.17, 15) is 4.39 Å². The number of benzene rings is 1. The van der Waals surface area contributed by atoms with Crippen LogP contribution in [-0.4, -0.2) is 23.3 Å². The molecule has 1 aromatic carbocycles. The van der Waals surface area contributed by atoms with Crippen LogP contribution in [0.3, 0.4) is 0 Å². The van der Waals surface area contributed by atoms with Gasteiger partial charge in [-0.3, -0.25) is 0 Å². The second kappa shape index (κ2) is 7.73.